The summed E-state index contributed by atoms with van der Waals surface area (Å²) in [4.78, 5) is 19.7. The van der Waals surface area contributed by atoms with Crippen LogP contribution in [0, 0.1) is 4.91 Å². The van der Waals surface area contributed by atoms with E-state index in [4.69, 9.17) is 0 Å². The Morgan fingerprint density at radius 2 is 2.12 bits per heavy atom. The highest BCUT2D eigenvalue weighted by Crippen LogP contribution is 1.92. The SMILES string of the molecule is CC=C(C)C(=O)N=O. The zero-order valence-electron chi connectivity index (χ0n) is 4.84. The van der Waals surface area contributed by atoms with Gasteiger partial charge in [-0.3, -0.25) is 4.79 Å². The Balaban J connectivity index is 4.03. The maximum atomic E-state index is 10.2. The predicted molar refractivity (Wildman–Crippen MR) is 30.2 cm³/mol. The largest absolute Gasteiger partial charge is 0.312 e. The Labute approximate surface area is 47.4 Å². The number of hydrogen-bond acceptors (Lipinski definition) is 2. The van der Waals surface area contributed by atoms with Crippen molar-refractivity contribution in [3.8, 4) is 0 Å². The second-order valence-electron chi connectivity index (χ2n) is 1.37. The summed E-state index contributed by atoms with van der Waals surface area (Å²) >= 11 is 0. The van der Waals surface area contributed by atoms with Crippen LogP contribution in [0.5, 0.6) is 0 Å². The van der Waals surface area contributed by atoms with Crippen molar-refractivity contribution < 1.29 is 4.79 Å². The number of allylic oxidation sites excluding steroid dienone is 1. The average molecular weight is 113 g/mol. The highest BCUT2D eigenvalue weighted by molar-refractivity contribution is 5.93. The van der Waals surface area contributed by atoms with Gasteiger partial charge in [-0.15, -0.1) is 4.91 Å². The lowest BCUT2D eigenvalue weighted by Crippen LogP contribution is -1.90. The molecule has 0 rings (SSSR count). The number of rotatable bonds is 1. The second kappa shape index (κ2) is 3.07. The molecule has 8 heavy (non-hydrogen) atoms. The molecule has 0 spiro atoms. The maximum absolute atomic E-state index is 10.2. The normalized spacial score (nSPS) is 11.0. The van der Waals surface area contributed by atoms with E-state index < -0.39 is 5.91 Å². The lowest BCUT2D eigenvalue weighted by Gasteiger charge is -1.82. The zero-order valence-corrected chi connectivity index (χ0v) is 4.84. The van der Waals surface area contributed by atoms with Gasteiger partial charge in [0.1, 0.15) is 0 Å². The molecule has 0 aliphatic rings. The summed E-state index contributed by atoms with van der Waals surface area (Å²) in [5.41, 5.74) is 0.389. The summed E-state index contributed by atoms with van der Waals surface area (Å²) in [6.45, 7) is 3.22. The van der Waals surface area contributed by atoms with Crippen LogP contribution in [0.1, 0.15) is 13.8 Å². The minimum absolute atomic E-state index is 0.389. The number of nitrogens with zero attached hydrogens (tertiary/aromatic N) is 1. The molecule has 44 valence electrons. The molecule has 3 heteroatoms. The third-order valence-corrected chi connectivity index (χ3v) is 0.853. The van der Waals surface area contributed by atoms with Crippen molar-refractivity contribution in [2.24, 2.45) is 5.18 Å². The number of carbonyl (C=O) groups excluding carboxylic acids is 1. The van der Waals surface area contributed by atoms with Crippen LogP contribution in [0.25, 0.3) is 0 Å². The van der Waals surface area contributed by atoms with Gasteiger partial charge in [-0.25, -0.2) is 0 Å². The highest BCUT2D eigenvalue weighted by atomic mass is 16.3. The van der Waals surface area contributed by atoms with Crippen LogP contribution in [0.4, 0.5) is 0 Å². The van der Waals surface area contributed by atoms with Crippen molar-refractivity contribution >= 4 is 5.91 Å². The molecule has 0 bridgehead atoms. The van der Waals surface area contributed by atoms with Crippen molar-refractivity contribution in [3.63, 3.8) is 0 Å². The molecule has 0 saturated carbocycles. The number of nitroso groups, excluding NO2 is 1. The quantitative estimate of drug-likeness (QED) is 0.379. The third-order valence-electron chi connectivity index (χ3n) is 0.853. The third kappa shape index (κ3) is 1.64. The first-order chi connectivity index (χ1) is 3.72. The van der Waals surface area contributed by atoms with E-state index >= 15 is 0 Å². The topological polar surface area (TPSA) is 46.5 Å². The van der Waals surface area contributed by atoms with Gasteiger partial charge in [0.25, 0.3) is 0 Å². The van der Waals surface area contributed by atoms with Crippen LogP contribution in [-0.2, 0) is 4.79 Å². The predicted octanol–water partition coefficient (Wildman–Crippen LogP) is 1.25. The Morgan fingerprint density at radius 3 is 2.25 bits per heavy atom. The minimum Gasteiger partial charge on any atom is -0.264 e. The van der Waals surface area contributed by atoms with E-state index in [2.05, 4.69) is 5.18 Å². The summed E-state index contributed by atoms with van der Waals surface area (Å²) in [6.07, 6.45) is 1.55. The van der Waals surface area contributed by atoms with E-state index in [0.717, 1.165) is 0 Å². The first kappa shape index (κ1) is 7.01. The van der Waals surface area contributed by atoms with E-state index in [-0.39, 0.29) is 0 Å². The molecule has 0 aromatic carbocycles. The van der Waals surface area contributed by atoms with Gasteiger partial charge >= 0.3 is 5.91 Å². The van der Waals surface area contributed by atoms with Crippen LogP contribution in [-0.4, -0.2) is 5.91 Å². The first-order valence-corrected chi connectivity index (χ1v) is 2.23. The Morgan fingerprint density at radius 1 is 1.62 bits per heavy atom. The standard InChI is InChI=1S/C5H7NO2/c1-3-4(2)5(7)6-8/h3H,1-2H3. The lowest BCUT2D eigenvalue weighted by atomic mass is 10.3. The number of hydrogen-bond donors (Lipinski definition) is 0. The summed E-state index contributed by atoms with van der Waals surface area (Å²) in [7, 11) is 0. The molecular weight excluding hydrogens is 106 g/mol. The van der Waals surface area contributed by atoms with E-state index in [1.54, 1.807) is 19.9 Å². The van der Waals surface area contributed by atoms with E-state index in [9.17, 15) is 9.70 Å². The van der Waals surface area contributed by atoms with Crippen molar-refractivity contribution in [2.45, 2.75) is 13.8 Å². The smallest absolute Gasteiger partial charge is 0.264 e. The molecule has 3 nitrogen and oxygen atoms in total. The summed E-state index contributed by atoms with van der Waals surface area (Å²) in [5, 5.41) is 2.20. The molecule has 0 fully saturated rings. The molecule has 0 N–H and O–H groups in total. The summed E-state index contributed by atoms with van der Waals surface area (Å²) < 4.78 is 0. The van der Waals surface area contributed by atoms with Gasteiger partial charge in [0, 0.05) is 10.7 Å². The molecule has 0 aromatic rings. The van der Waals surface area contributed by atoms with Crippen molar-refractivity contribution in [1.29, 1.82) is 0 Å². The minimum atomic E-state index is -0.687. The summed E-state index contributed by atoms with van der Waals surface area (Å²) in [5.74, 6) is -0.687. The van der Waals surface area contributed by atoms with Gasteiger partial charge in [-0.05, 0) is 13.8 Å². The fraction of sp³-hybridized carbons (Fsp3) is 0.400. The van der Waals surface area contributed by atoms with Crippen molar-refractivity contribution in [1.82, 2.24) is 0 Å². The van der Waals surface area contributed by atoms with Crippen LogP contribution in [0.2, 0.25) is 0 Å². The van der Waals surface area contributed by atoms with Crippen LogP contribution < -0.4 is 0 Å². The highest BCUT2D eigenvalue weighted by Gasteiger charge is 1.98. The molecule has 0 aromatic heterocycles. The van der Waals surface area contributed by atoms with Crippen LogP contribution >= 0.6 is 0 Å². The fourth-order valence-corrected chi connectivity index (χ4v) is 0.195. The molecule has 0 aliphatic heterocycles. The van der Waals surface area contributed by atoms with Gasteiger partial charge in [-0.1, -0.05) is 6.08 Å². The molecule has 0 aliphatic carbocycles. The molecule has 0 radical (unpaired) electrons. The molecule has 0 atom stereocenters. The molecule has 1 amide bonds. The van der Waals surface area contributed by atoms with Crippen LogP contribution in [0.15, 0.2) is 16.8 Å². The van der Waals surface area contributed by atoms with Gasteiger partial charge in [0.2, 0.25) is 0 Å². The Bertz CT molecular complexity index is 137. The van der Waals surface area contributed by atoms with Crippen molar-refractivity contribution in [2.75, 3.05) is 0 Å². The zero-order chi connectivity index (χ0) is 6.57. The second-order valence-corrected chi connectivity index (χ2v) is 1.37. The van der Waals surface area contributed by atoms with Crippen molar-refractivity contribution in [3.05, 3.63) is 16.6 Å². The maximum Gasteiger partial charge on any atom is 0.312 e. The Hall–Kier alpha value is -0.990. The van der Waals surface area contributed by atoms with Gasteiger partial charge in [0.15, 0.2) is 0 Å². The lowest BCUT2D eigenvalue weighted by molar-refractivity contribution is -0.114. The fourth-order valence-electron chi connectivity index (χ4n) is 0.195. The average Bonchev–Trinajstić information content (AvgIpc) is 1.84. The molecule has 0 unspecified atom stereocenters. The monoisotopic (exact) mass is 113 g/mol. The van der Waals surface area contributed by atoms with E-state index in [1.165, 1.54) is 0 Å². The Kier molecular flexibility index (Phi) is 2.69. The van der Waals surface area contributed by atoms with Gasteiger partial charge in [-0.2, -0.15) is 0 Å². The van der Waals surface area contributed by atoms with E-state index in [1.807, 2.05) is 0 Å². The molecule has 0 saturated heterocycles. The number of amides is 1. The van der Waals surface area contributed by atoms with Gasteiger partial charge < -0.3 is 0 Å². The van der Waals surface area contributed by atoms with Crippen LogP contribution in [0.3, 0.4) is 0 Å². The van der Waals surface area contributed by atoms with E-state index in [0.29, 0.717) is 5.57 Å². The first-order valence-electron chi connectivity index (χ1n) is 2.23. The summed E-state index contributed by atoms with van der Waals surface area (Å²) in [6, 6.07) is 0. The molecule has 0 heterocycles. The van der Waals surface area contributed by atoms with Gasteiger partial charge in [0.05, 0.1) is 0 Å². The number of carbonyl (C=O) groups is 1. The molecular formula is C5H7NO2.